The van der Waals surface area contributed by atoms with Gasteiger partial charge in [0.2, 0.25) is 0 Å². The van der Waals surface area contributed by atoms with Crippen molar-refractivity contribution in [3.63, 3.8) is 0 Å². The second kappa shape index (κ2) is 12.8. The van der Waals surface area contributed by atoms with Gasteiger partial charge in [-0.25, -0.2) is 4.79 Å². The van der Waals surface area contributed by atoms with Gasteiger partial charge in [-0.2, -0.15) is 13.2 Å². The lowest BCUT2D eigenvalue weighted by atomic mass is 10.1. The van der Waals surface area contributed by atoms with E-state index >= 15 is 0 Å². The molecule has 11 heteroatoms. The monoisotopic (exact) mass is 502 g/mol. The number of halogens is 5. The fraction of sp³-hybridized carbons (Fsp3) is 0.667. The molecule has 184 valence electrons. The van der Waals surface area contributed by atoms with Crippen LogP contribution in [0.2, 0.25) is 0 Å². The van der Waals surface area contributed by atoms with Crippen molar-refractivity contribution >= 4 is 30.8 Å². The van der Waals surface area contributed by atoms with E-state index in [0.717, 1.165) is 18.7 Å². The van der Waals surface area contributed by atoms with Crippen molar-refractivity contribution in [2.24, 2.45) is 11.8 Å². The highest BCUT2D eigenvalue weighted by Crippen LogP contribution is 2.45. The maximum absolute atomic E-state index is 12.3. The first-order chi connectivity index (χ1) is 14.3. The van der Waals surface area contributed by atoms with Gasteiger partial charge in [0.1, 0.15) is 12.4 Å². The Morgan fingerprint density at radius 3 is 2.38 bits per heavy atom. The molecule has 1 aliphatic heterocycles. The molecule has 0 bridgehead atoms. The molecule has 1 saturated heterocycles. The Kier molecular flexibility index (Phi) is 11.5. The van der Waals surface area contributed by atoms with E-state index in [2.05, 4.69) is 5.32 Å². The Hall–Kier alpha value is -1.26. The summed E-state index contributed by atoms with van der Waals surface area (Å²) in [6.07, 6.45) is -5.37. The molecule has 3 atom stereocenters. The number of nitrogens with zero attached hydrogens (tertiary/aromatic N) is 1. The molecule has 0 amide bonds. The predicted molar refractivity (Wildman–Crippen MR) is 119 cm³/mol. The maximum atomic E-state index is 12.3. The summed E-state index contributed by atoms with van der Waals surface area (Å²) in [5.74, 6) is 0.629. The predicted octanol–water partition coefficient (Wildman–Crippen LogP) is 3.41. The number of hydrogen-bond acceptors (Lipinski definition) is 5. The maximum Gasteiger partial charge on any atom is 0.390 e. The minimum Gasteiger partial charge on any atom is -0.492 e. The zero-order valence-corrected chi connectivity index (χ0v) is 19.5. The number of carboxylic acids is 1. The summed E-state index contributed by atoms with van der Waals surface area (Å²) in [4.78, 5) is 13.1. The Bertz CT molecular complexity index is 697. The standard InChI is InChI=1S/C21H29F3N2O4.2ClH/c1-2-29-18(20(27)28)11-14-3-5-15(6-4-14)30-10-8-25-19-16-12-26(13-17(16)19)9-7-21(22,23)24;;/h3-6,16-19,25H,2,7-13H2,1H3,(H,27,28);2*1H/t16?,17?,18-,19?;;/m0../s1. The van der Waals surface area contributed by atoms with E-state index in [9.17, 15) is 18.0 Å². The summed E-state index contributed by atoms with van der Waals surface area (Å²) in [5, 5.41) is 12.6. The molecule has 2 aliphatic rings. The van der Waals surface area contributed by atoms with Crippen LogP contribution in [0.4, 0.5) is 13.2 Å². The summed E-state index contributed by atoms with van der Waals surface area (Å²) >= 11 is 0. The molecule has 2 N–H and O–H groups in total. The average molecular weight is 503 g/mol. The Morgan fingerprint density at radius 1 is 1.22 bits per heavy atom. The topological polar surface area (TPSA) is 71.0 Å². The number of fused-ring (bicyclic) bond motifs is 1. The number of aliphatic carboxylic acids is 1. The van der Waals surface area contributed by atoms with Crippen LogP contribution in [0, 0.1) is 11.8 Å². The molecule has 0 radical (unpaired) electrons. The fourth-order valence-electron chi connectivity index (χ4n) is 4.13. The van der Waals surface area contributed by atoms with Crippen molar-refractivity contribution in [3.05, 3.63) is 29.8 Å². The minimum atomic E-state index is -4.08. The minimum absolute atomic E-state index is 0. The van der Waals surface area contributed by atoms with Gasteiger partial charge >= 0.3 is 12.1 Å². The van der Waals surface area contributed by atoms with Gasteiger partial charge in [-0.3, -0.25) is 0 Å². The lowest BCUT2D eigenvalue weighted by molar-refractivity contribution is -0.150. The number of rotatable bonds is 12. The molecule has 1 aromatic rings. The third-order valence-corrected chi connectivity index (χ3v) is 5.72. The Morgan fingerprint density at radius 2 is 1.84 bits per heavy atom. The molecule has 0 spiro atoms. The van der Waals surface area contributed by atoms with Crippen molar-refractivity contribution in [3.8, 4) is 5.75 Å². The van der Waals surface area contributed by atoms with Crippen LogP contribution in [0.3, 0.4) is 0 Å². The van der Waals surface area contributed by atoms with Crippen LogP contribution in [0.5, 0.6) is 5.75 Å². The molecule has 3 rings (SSSR count). The number of benzene rings is 1. The highest BCUT2D eigenvalue weighted by atomic mass is 35.5. The molecule has 1 saturated carbocycles. The van der Waals surface area contributed by atoms with Gasteiger partial charge in [0, 0.05) is 45.2 Å². The number of likely N-dealkylation sites (tertiary alicyclic amines) is 1. The highest BCUT2D eigenvalue weighted by molar-refractivity contribution is 5.85. The van der Waals surface area contributed by atoms with Crippen LogP contribution in [0.15, 0.2) is 24.3 Å². The third-order valence-electron chi connectivity index (χ3n) is 5.72. The van der Waals surface area contributed by atoms with E-state index in [1.807, 2.05) is 29.2 Å². The second-order valence-corrected chi connectivity index (χ2v) is 7.91. The third kappa shape index (κ3) is 8.59. The Balaban J connectivity index is 0.00000256. The number of carboxylic acid groups (broad SMARTS) is 1. The molecule has 1 aliphatic carbocycles. The van der Waals surface area contributed by atoms with Crippen LogP contribution in [-0.4, -0.2) is 73.7 Å². The van der Waals surface area contributed by atoms with Gasteiger partial charge < -0.3 is 24.8 Å². The fourth-order valence-corrected chi connectivity index (χ4v) is 4.13. The van der Waals surface area contributed by atoms with E-state index in [0.29, 0.717) is 49.8 Å². The number of carbonyl (C=O) groups is 1. The van der Waals surface area contributed by atoms with Gasteiger partial charge in [-0.05, 0) is 36.5 Å². The number of alkyl halides is 3. The number of ether oxygens (including phenoxy) is 2. The molecule has 1 aromatic carbocycles. The molecule has 32 heavy (non-hydrogen) atoms. The normalized spacial score (nSPS) is 22.9. The van der Waals surface area contributed by atoms with Gasteiger partial charge in [0.15, 0.2) is 6.10 Å². The van der Waals surface area contributed by atoms with E-state index in [1.165, 1.54) is 0 Å². The van der Waals surface area contributed by atoms with Gasteiger partial charge in [0.05, 0.1) is 6.42 Å². The molecular formula is C21H31Cl2F3N2O4. The van der Waals surface area contributed by atoms with E-state index < -0.39 is 24.7 Å². The van der Waals surface area contributed by atoms with E-state index in [4.69, 9.17) is 14.6 Å². The first kappa shape index (κ1) is 28.8. The van der Waals surface area contributed by atoms with Crippen LogP contribution < -0.4 is 10.1 Å². The lowest BCUT2D eigenvalue weighted by Gasteiger charge is -2.20. The lowest BCUT2D eigenvalue weighted by Crippen LogP contribution is -2.34. The summed E-state index contributed by atoms with van der Waals surface area (Å²) in [6.45, 7) is 4.84. The first-order valence-electron chi connectivity index (χ1n) is 10.4. The molecule has 0 aromatic heterocycles. The SMILES string of the molecule is CCO[C@@H](Cc1ccc(OCCNC2C3CN(CCC(F)(F)F)CC32)cc1)C(=O)O.Cl.Cl. The van der Waals surface area contributed by atoms with Crippen LogP contribution in [-0.2, 0) is 16.0 Å². The van der Waals surface area contributed by atoms with Crippen molar-refractivity contribution < 1.29 is 32.5 Å². The summed E-state index contributed by atoms with van der Waals surface area (Å²) < 4.78 is 47.8. The largest absolute Gasteiger partial charge is 0.492 e. The van der Waals surface area contributed by atoms with Crippen molar-refractivity contribution in [1.82, 2.24) is 10.2 Å². The van der Waals surface area contributed by atoms with Gasteiger partial charge in [0.25, 0.3) is 0 Å². The molecule has 6 nitrogen and oxygen atoms in total. The van der Waals surface area contributed by atoms with Crippen molar-refractivity contribution in [2.75, 3.05) is 39.4 Å². The average Bonchev–Trinajstić information content (AvgIpc) is 3.13. The molecule has 1 heterocycles. The number of hydrogen-bond donors (Lipinski definition) is 2. The van der Waals surface area contributed by atoms with Crippen molar-refractivity contribution in [1.29, 1.82) is 0 Å². The summed E-state index contributed by atoms with van der Waals surface area (Å²) in [7, 11) is 0. The van der Waals surface area contributed by atoms with E-state index in [1.54, 1.807) is 6.92 Å². The van der Waals surface area contributed by atoms with Crippen molar-refractivity contribution in [2.45, 2.75) is 38.1 Å². The molecule has 2 fully saturated rings. The van der Waals surface area contributed by atoms with Crippen LogP contribution in [0.25, 0.3) is 0 Å². The smallest absolute Gasteiger partial charge is 0.390 e. The molecular weight excluding hydrogens is 472 g/mol. The Labute approximate surface area is 198 Å². The summed E-state index contributed by atoms with van der Waals surface area (Å²) in [5.41, 5.74) is 0.863. The van der Waals surface area contributed by atoms with Gasteiger partial charge in [-0.15, -0.1) is 24.8 Å². The van der Waals surface area contributed by atoms with E-state index in [-0.39, 0.29) is 31.4 Å². The zero-order chi connectivity index (χ0) is 21.7. The second-order valence-electron chi connectivity index (χ2n) is 7.91. The highest BCUT2D eigenvalue weighted by Gasteiger charge is 2.55. The molecule has 2 unspecified atom stereocenters. The number of nitrogens with one attached hydrogen (secondary N) is 1. The van der Waals surface area contributed by atoms with Crippen LogP contribution in [0.1, 0.15) is 18.9 Å². The van der Waals surface area contributed by atoms with Crippen LogP contribution >= 0.6 is 24.8 Å². The summed E-state index contributed by atoms with van der Waals surface area (Å²) in [6, 6.07) is 7.66. The van der Waals surface area contributed by atoms with Gasteiger partial charge in [-0.1, -0.05) is 12.1 Å². The first-order valence-corrected chi connectivity index (χ1v) is 10.4. The zero-order valence-electron chi connectivity index (χ0n) is 17.8. The quantitative estimate of drug-likeness (QED) is 0.426. The number of piperidine rings is 1.